The summed E-state index contributed by atoms with van der Waals surface area (Å²) in [6.45, 7) is 16.7. The van der Waals surface area contributed by atoms with Gasteiger partial charge in [0.1, 0.15) is 0 Å². The molecule has 3 saturated carbocycles. The average Bonchev–Trinajstić information content (AvgIpc) is 2.65. The SMILES string of the molecule is C=C1C(=O)C2CCC3C(CCC[C@@H]3C)C2CC1C.CC.CC.CO. The largest absolute Gasteiger partial charge is 0.400 e. The third kappa shape index (κ3) is 4.94. The highest BCUT2D eigenvalue weighted by Crippen LogP contribution is 2.53. The van der Waals surface area contributed by atoms with E-state index in [0.717, 1.165) is 36.9 Å². The number of carbonyl (C=O) groups excluding carboxylic acids is 1. The van der Waals surface area contributed by atoms with Gasteiger partial charge in [0.05, 0.1) is 0 Å². The zero-order chi connectivity index (χ0) is 18.9. The van der Waals surface area contributed by atoms with E-state index in [1.807, 2.05) is 27.7 Å². The zero-order valence-electron chi connectivity index (χ0n) is 17.3. The number of ketones is 1. The highest BCUT2D eigenvalue weighted by molar-refractivity contribution is 5.98. The van der Waals surface area contributed by atoms with E-state index in [2.05, 4.69) is 20.4 Å². The van der Waals surface area contributed by atoms with Crippen LogP contribution in [0.3, 0.4) is 0 Å². The van der Waals surface area contributed by atoms with Crippen LogP contribution >= 0.6 is 0 Å². The molecule has 2 heteroatoms. The Labute approximate surface area is 151 Å². The maximum absolute atomic E-state index is 12.4. The van der Waals surface area contributed by atoms with E-state index in [1.54, 1.807) is 0 Å². The number of aliphatic hydroxyl groups excluding tert-OH is 1. The summed E-state index contributed by atoms with van der Waals surface area (Å²) in [5, 5.41) is 7.00. The Morgan fingerprint density at radius 3 is 2.04 bits per heavy atom. The Morgan fingerprint density at radius 1 is 0.875 bits per heavy atom. The van der Waals surface area contributed by atoms with Gasteiger partial charge >= 0.3 is 0 Å². The molecule has 24 heavy (non-hydrogen) atoms. The molecular formula is C22H42O2. The molecule has 0 aliphatic heterocycles. The Hall–Kier alpha value is -0.630. The lowest BCUT2D eigenvalue weighted by Gasteiger charge is -2.50. The van der Waals surface area contributed by atoms with E-state index in [1.165, 1.54) is 32.1 Å². The Balaban J connectivity index is 0.000000798. The van der Waals surface area contributed by atoms with Gasteiger partial charge in [-0.3, -0.25) is 4.79 Å². The van der Waals surface area contributed by atoms with E-state index in [0.29, 0.717) is 23.5 Å². The summed E-state index contributed by atoms with van der Waals surface area (Å²) in [7, 11) is 1.00. The van der Waals surface area contributed by atoms with Gasteiger partial charge in [0, 0.05) is 13.0 Å². The highest BCUT2D eigenvalue weighted by Gasteiger charge is 2.48. The molecule has 2 nitrogen and oxygen atoms in total. The molecule has 5 unspecified atom stereocenters. The van der Waals surface area contributed by atoms with Crippen molar-refractivity contribution in [1.29, 1.82) is 0 Å². The first-order valence-electron chi connectivity index (χ1n) is 10.3. The third-order valence-electron chi connectivity index (χ3n) is 6.23. The summed E-state index contributed by atoms with van der Waals surface area (Å²) < 4.78 is 0. The number of allylic oxidation sites excluding steroid dienone is 1. The summed E-state index contributed by atoms with van der Waals surface area (Å²) in [5.41, 5.74) is 0.915. The van der Waals surface area contributed by atoms with Gasteiger partial charge in [-0.1, -0.05) is 61.0 Å². The Morgan fingerprint density at radius 2 is 1.46 bits per heavy atom. The van der Waals surface area contributed by atoms with Crippen LogP contribution in [-0.2, 0) is 4.79 Å². The molecule has 3 aliphatic carbocycles. The van der Waals surface area contributed by atoms with Crippen LogP contribution in [-0.4, -0.2) is 18.0 Å². The van der Waals surface area contributed by atoms with E-state index >= 15 is 0 Å². The second kappa shape index (κ2) is 11.8. The molecule has 1 N–H and O–H groups in total. The van der Waals surface area contributed by atoms with Crippen LogP contribution in [0.4, 0.5) is 0 Å². The predicted molar refractivity (Wildman–Crippen MR) is 105 cm³/mol. The number of rotatable bonds is 0. The van der Waals surface area contributed by atoms with Crippen molar-refractivity contribution in [3.63, 3.8) is 0 Å². The van der Waals surface area contributed by atoms with Crippen molar-refractivity contribution in [2.24, 2.45) is 35.5 Å². The molecule has 0 radical (unpaired) electrons. The van der Waals surface area contributed by atoms with Crippen LogP contribution in [0.2, 0.25) is 0 Å². The lowest BCUT2D eigenvalue weighted by atomic mass is 9.53. The maximum atomic E-state index is 12.4. The summed E-state index contributed by atoms with van der Waals surface area (Å²) in [6.07, 6.45) is 7.83. The van der Waals surface area contributed by atoms with Crippen LogP contribution in [0.1, 0.15) is 80.1 Å². The van der Waals surface area contributed by atoms with Crippen molar-refractivity contribution in [3.8, 4) is 0 Å². The standard InChI is InChI=1S/C17H26O.2C2H6.CH4O/c1-10-5-4-6-14-13(10)7-8-15-16(14)9-11(2)12(3)17(15)18;3*1-2/h10-11,13-16H,3-9H2,1-2H3;2*1-2H3;2H,1H3/t10-,11?,13?,14?,15?,16?;;;/m0.../s1. The van der Waals surface area contributed by atoms with Crippen molar-refractivity contribution in [3.05, 3.63) is 12.2 Å². The Bertz CT molecular complexity index is 374. The quantitative estimate of drug-likeness (QED) is 0.559. The van der Waals surface area contributed by atoms with Crippen molar-refractivity contribution in [1.82, 2.24) is 0 Å². The van der Waals surface area contributed by atoms with Gasteiger partial charge in [-0.2, -0.15) is 0 Å². The molecule has 3 fully saturated rings. The molecule has 0 spiro atoms. The molecule has 142 valence electrons. The van der Waals surface area contributed by atoms with Crippen LogP contribution in [0, 0.1) is 35.5 Å². The fraction of sp³-hybridized carbons (Fsp3) is 0.864. The van der Waals surface area contributed by atoms with Gasteiger partial charge in [0.25, 0.3) is 0 Å². The number of fused-ring (bicyclic) bond motifs is 3. The van der Waals surface area contributed by atoms with Gasteiger partial charge in [0.15, 0.2) is 5.78 Å². The lowest BCUT2D eigenvalue weighted by Crippen LogP contribution is -2.46. The second-order valence-electron chi connectivity index (χ2n) is 7.11. The molecular weight excluding hydrogens is 296 g/mol. The molecule has 3 rings (SSSR count). The minimum Gasteiger partial charge on any atom is -0.400 e. The third-order valence-corrected chi connectivity index (χ3v) is 6.23. The first kappa shape index (κ1) is 23.4. The van der Waals surface area contributed by atoms with E-state index in [9.17, 15) is 4.79 Å². The van der Waals surface area contributed by atoms with Gasteiger partial charge in [0.2, 0.25) is 0 Å². The van der Waals surface area contributed by atoms with Crippen molar-refractivity contribution in [2.45, 2.75) is 80.1 Å². The Kier molecular flexibility index (Phi) is 11.5. The molecule has 0 bridgehead atoms. The predicted octanol–water partition coefficient (Wildman–Crippen LogP) is 5.89. The molecule has 0 aromatic heterocycles. The smallest absolute Gasteiger partial charge is 0.161 e. The summed E-state index contributed by atoms with van der Waals surface area (Å²) >= 11 is 0. The molecule has 0 aromatic carbocycles. The lowest BCUT2D eigenvalue weighted by molar-refractivity contribution is -0.128. The average molecular weight is 339 g/mol. The van der Waals surface area contributed by atoms with Crippen molar-refractivity contribution in [2.75, 3.05) is 7.11 Å². The van der Waals surface area contributed by atoms with E-state index in [-0.39, 0.29) is 0 Å². The summed E-state index contributed by atoms with van der Waals surface area (Å²) in [4.78, 5) is 12.4. The molecule has 0 aromatic rings. The monoisotopic (exact) mass is 338 g/mol. The van der Waals surface area contributed by atoms with Gasteiger partial charge in [-0.15, -0.1) is 0 Å². The van der Waals surface area contributed by atoms with E-state index in [4.69, 9.17) is 5.11 Å². The topological polar surface area (TPSA) is 37.3 Å². The molecule has 6 atom stereocenters. The number of aliphatic hydroxyl groups is 1. The normalized spacial score (nSPS) is 37.2. The summed E-state index contributed by atoms with van der Waals surface area (Å²) in [6, 6.07) is 0. The van der Waals surface area contributed by atoms with Crippen LogP contribution in [0.15, 0.2) is 12.2 Å². The van der Waals surface area contributed by atoms with Gasteiger partial charge in [-0.05, 0) is 60.8 Å². The van der Waals surface area contributed by atoms with Gasteiger partial charge in [-0.25, -0.2) is 0 Å². The minimum atomic E-state index is 0.334. The maximum Gasteiger partial charge on any atom is 0.161 e. The molecule has 3 aliphatic rings. The fourth-order valence-corrected chi connectivity index (χ4v) is 5.14. The number of hydrogen-bond acceptors (Lipinski definition) is 2. The van der Waals surface area contributed by atoms with Gasteiger partial charge < -0.3 is 5.11 Å². The fourth-order valence-electron chi connectivity index (χ4n) is 5.14. The first-order chi connectivity index (χ1) is 11.6. The first-order valence-corrected chi connectivity index (χ1v) is 10.3. The van der Waals surface area contributed by atoms with Crippen LogP contribution in [0.5, 0.6) is 0 Å². The summed E-state index contributed by atoms with van der Waals surface area (Å²) in [5.74, 6) is 4.49. The van der Waals surface area contributed by atoms with Crippen molar-refractivity contribution < 1.29 is 9.90 Å². The van der Waals surface area contributed by atoms with Crippen LogP contribution < -0.4 is 0 Å². The highest BCUT2D eigenvalue weighted by atomic mass is 16.2. The second-order valence-corrected chi connectivity index (χ2v) is 7.11. The van der Waals surface area contributed by atoms with Crippen molar-refractivity contribution >= 4 is 5.78 Å². The molecule has 0 amide bonds. The van der Waals surface area contributed by atoms with E-state index < -0.39 is 0 Å². The zero-order valence-corrected chi connectivity index (χ0v) is 17.3. The minimum absolute atomic E-state index is 0.334. The number of carbonyl (C=O) groups is 1. The molecule has 0 saturated heterocycles. The van der Waals surface area contributed by atoms with Crippen LogP contribution in [0.25, 0.3) is 0 Å². The number of Topliss-reactive ketones (excluding diaryl/α,β-unsaturated/α-hetero) is 1. The number of hydrogen-bond donors (Lipinski definition) is 1. The molecule has 0 heterocycles.